The Hall–Kier alpha value is -2.80. The fraction of sp³-hybridized carbons (Fsp3) is 0.500. The van der Waals surface area contributed by atoms with Crippen LogP contribution in [-0.2, 0) is 4.74 Å². The van der Waals surface area contributed by atoms with Gasteiger partial charge < -0.3 is 20.5 Å². The maximum atomic E-state index is 12.3. The summed E-state index contributed by atoms with van der Waals surface area (Å²) >= 11 is 0. The molecule has 3 N–H and O–H groups in total. The molecule has 1 saturated carbocycles. The molecule has 1 aliphatic carbocycles. The van der Waals surface area contributed by atoms with Gasteiger partial charge in [0.05, 0.1) is 22.9 Å². The second-order valence-electron chi connectivity index (χ2n) is 9.53. The van der Waals surface area contributed by atoms with E-state index in [0.717, 1.165) is 23.4 Å². The lowest BCUT2D eigenvalue weighted by atomic mass is 9.86. The fourth-order valence-corrected chi connectivity index (χ4v) is 4.37. The van der Waals surface area contributed by atoms with Crippen molar-refractivity contribution < 1.29 is 14.6 Å². The van der Waals surface area contributed by atoms with Crippen molar-refractivity contribution in [1.29, 1.82) is 0 Å². The van der Waals surface area contributed by atoms with Crippen molar-refractivity contribution in [3.63, 3.8) is 0 Å². The van der Waals surface area contributed by atoms with Gasteiger partial charge in [0, 0.05) is 11.9 Å². The summed E-state index contributed by atoms with van der Waals surface area (Å²) in [7, 11) is 0. The second kappa shape index (κ2) is 8.38. The molecule has 0 bridgehead atoms. The number of anilines is 2. The highest BCUT2D eigenvalue weighted by Gasteiger charge is 2.31. The summed E-state index contributed by atoms with van der Waals surface area (Å²) < 4.78 is 7.51. The number of aliphatic hydroxyl groups is 1. The van der Waals surface area contributed by atoms with E-state index < -0.39 is 11.8 Å². The third-order valence-electron chi connectivity index (χ3n) is 5.92. The number of hydrogen-bond donors (Lipinski definition) is 3. The summed E-state index contributed by atoms with van der Waals surface area (Å²) in [5.74, 6) is 0.818. The average molecular weight is 425 g/mol. The lowest BCUT2D eigenvalue weighted by molar-refractivity contribution is 0.00695. The number of carbonyl (C=O) groups excluding carboxylic acids is 1. The Kier molecular flexibility index (Phi) is 5.79. The standard InChI is InChI=1S/C24H32N4O3/c1-15-7-5-6-8-18(15)28-19-13-14-25-22(29)20(19)21(27-28)26-17-11-9-16(10-12-17)23(30)31-24(2,3)4/h9-15,18,22,25,29H,5-8H2,1-4H3,(H,26,27)/t15-,18-,22?/m0/s1. The molecule has 1 aromatic carbocycles. The van der Waals surface area contributed by atoms with Crippen molar-refractivity contribution in [2.24, 2.45) is 5.92 Å². The molecule has 0 saturated heterocycles. The van der Waals surface area contributed by atoms with Crippen molar-refractivity contribution in [1.82, 2.24) is 15.1 Å². The first-order chi connectivity index (χ1) is 14.7. The number of ether oxygens (including phenoxy) is 1. The largest absolute Gasteiger partial charge is 0.456 e. The Morgan fingerprint density at radius 1 is 1.23 bits per heavy atom. The summed E-state index contributed by atoms with van der Waals surface area (Å²) in [6.45, 7) is 7.82. The molecule has 0 radical (unpaired) electrons. The van der Waals surface area contributed by atoms with Gasteiger partial charge in [-0.25, -0.2) is 4.79 Å². The van der Waals surface area contributed by atoms with Gasteiger partial charge in [-0.3, -0.25) is 4.68 Å². The predicted molar refractivity (Wildman–Crippen MR) is 121 cm³/mol. The van der Waals surface area contributed by atoms with E-state index in [4.69, 9.17) is 9.84 Å². The molecule has 1 aromatic heterocycles. The molecule has 1 aliphatic heterocycles. The smallest absolute Gasteiger partial charge is 0.338 e. The van der Waals surface area contributed by atoms with Crippen LogP contribution in [0.15, 0.2) is 30.5 Å². The van der Waals surface area contributed by atoms with E-state index in [2.05, 4.69) is 22.2 Å². The molecule has 1 fully saturated rings. The summed E-state index contributed by atoms with van der Waals surface area (Å²) in [5, 5.41) is 21.8. The zero-order valence-electron chi connectivity index (χ0n) is 18.7. The summed E-state index contributed by atoms with van der Waals surface area (Å²) in [5.41, 5.74) is 2.44. The molecule has 2 aromatic rings. The van der Waals surface area contributed by atoms with E-state index in [1.54, 1.807) is 18.3 Å². The maximum Gasteiger partial charge on any atom is 0.338 e. The third kappa shape index (κ3) is 4.61. The Labute approximate surface area is 183 Å². The number of nitrogens with zero attached hydrogens (tertiary/aromatic N) is 2. The van der Waals surface area contributed by atoms with Crippen LogP contribution in [-0.4, -0.2) is 26.5 Å². The summed E-state index contributed by atoms with van der Waals surface area (Å²) in [4.78, 5) is 12.3. The van der Waals surface area contributed by atoms with Gasteiger partial charge in [-0.2, -0.15) is 5.10 Å². The summed E-state index contributed by atoms with van der Waals surface area (Å²) in [6.07, 6.45) is 7.68. The lowest BCUT2D eigenvalue weighted by Gasteiger charge is -2.30. The highest BCUT2D eigenvalue weighted by atomic mass is 16.6. The Bertz CT molecular complexity index is 972. The molecule has 4 rings (SSSR count). The van der Waals surface area contributed by atoms with E-state index in [9.17, 15) is 9.90 Å². The van der Waals surface area contributed by atoms with Crippen LogP contribution in [0.5, 0.6) is 0 Å². The van der Waals surface area contributed by atoms with Crippen LogP contribution in [0.1, 0.15) is 87.3 Å². The number of carbonyl (C=O) groups is 1. The lowest BCUT2D eigenvalue weighted by Crippen LogP contribution is -2.25. The molecular weight excluding hydrogens is 392 g/mol. The number of fused-ring (bicyclic) bond motifs is 1. The summed E-state index contributed by atoms with van der Waals surface area (Å²) in [6, 6.07) is 7.44. The van der Waals surface area contributed by atoms with E-state index >= 15 is 0 Å². The number of aromatic nitrogens is 2. The number of benzene rings is 1. The topological polar surface area (TPSA) is 88.4 Å². The van der Waals surface area contributed by atoms with Crippen LogP contribution in [0.2, 0.25) is 0 Å². The van der Waals surface area contributed by atoms with Gasteiger partial charge >= 0.3 is 5.97 Å². The molecule has 7 heteroatoms. The van der Waals surface area contributed by atoms with Crippen LogP contribution in [0.3, 0.4) is 0 Å². The Balaban J connectivity index is 1.60. The first kappa shape index (κ1) is 21.4. The minimum absolute atomic E-state index is 0.322. The molecule has 0 amide bonds. The molecule has 31 heavy (non-hydrogen) atoms. The van der Waals surface area contributed by atoms with E-state index in [1.165, 1.54) is 19.3 Å². The van der Waals surface area contributed by atoms with Crippen molar-refractivity contribution in [2.75, 3.05) is 5.32 Å². The van der Waals surface area contributed by atoms with Gasteiger partial charge in [-0.15, -0.1) is 0 Å². The zero-order valence-corrected chi connectivity index (χ0v) is 18.7. The van der Waals surface area contributed by atoms with Gasteiger partial charge in [0.15, 0.2) is 12.0 Å². The zero-order chi connectivity index (χ0) is 22.2. The van der Waals surface area contributed by atoms with Crippen LogP contribution in [0, 0.1) is 5.92 Å². The van der Waals surface area contributed by atoms with Crippen LogP contribution in [0.4, 0.5) is 11.5 Å². The molecule has 2 heterocycles. The van der Waals surface area contributed by atoms with Gasteiger partial charge in [-0.1, -0.05) is 19.8 Å². The highest BCUT2D eigenvalue weighted by molar-refractivity contribution is 5.90. The molecule has 2 aliphatic rings. The molecule has 7 nitrogen and oxygen atoms in total. The number of rotatable bonds is 4. The molecular formula is C24H32N4O3. The van der Waals surface area contributed by atoms with Crippen molar-refractivity contribution in [2.45, 2.75) is 71.2 Å². The normalized spacial score (nSPS) is 23.1. The van der Waals surface area contributed by atoms with Crippen molar-refractivity contribution >= 4 is 23.6 Å². The highest BCUT2D eigenvalue weighted by Crippen LogP contribution is 2.39. The molecule has 166 valence electrons. The van der Waals surface area contributed by atoms with Gasteiger partial charge in [0.1, 0.15) is 5.60 Å². The number of hydrogen-bond acceptors (Lipinski definition) is 6. The van der Waals surface area contributed by atoms with Gasteiger partial charge in [0.25, 0.3) is 0 Å². The van der Waals surface area contributed by atoms with E-state index in [1.807, 2.05) is 39.0 Å². The average Bonchev–Trinajstić information content (AvgIpc) is 3.07. The second-order valence-corrected chi connectivity index (χ2v) is 9.53. The van der Waals surface area contributed by atoms with Crippen LogP contribution in [0.25, 0.3) is 6.08 Å². The van der Waals surface area contributed by atoms with Gasteiger partial charge in [-0.05, 0) is 69.9 Å². The maximum absolute atomic E-state index is 12.3. The van der Waals surface area contributed by atoms with Crippen molar-refractivity contribution in [3.05, 3.63) is 47.3 Å². The Morgan fingerprint density at radius 2 is 1.94 bits per heavy atom. The number of nitrogens with one attached hydrogen (secondary N) is 2. The van der Waals surface area contributed by atoms with Crippen LogP contribution >= 0.6 is 0 Å². The predicted octanol–water partition coefficient (Wildman–Crippen LogP) is 4.90. The molecule has 1 unspecified atom stereocenters. The number of aliphatic hydroxyl groups excluding tert-OH is 1. The Morgan fingerprint density at radius 3 is 2.61 bits per heavy atom. The van der Waals surface area contributed by atoms with E-state index in [-0.39, 0.29) is 5.97 Å². The first-order valence-electron chi connectivity index (χ1n) is 11.1. The van der Waals surface area contributed by atoms with E-state index in [0.29, 0.717) is 23.3 Å². The quantitative estimate of drug-likeness (QED) is 0.605. The SMILES string of the molecule is C[C@H]1CCCC[C@@H]1n1nc(Nc2ccc(C(=O)OC(C)(C)C)cc2)c2c1C=CNC2O. The number of esters is 1. The third-order valence-corrected chi connectivity index (χ3v) is 5.92. The molecule has 0 spiro atoms. The van der Waals surface area contributed by atoms with Gasteiger partial charge in [0.2, 0.25) is 0 Å². The van der Waals surface area contributed by atoms with Crippen LogP contribution < -0.4 is 10.6 Å². The first-order valence-corrected chi connectivity index (χ1v) is 11.1. The monoisotopic (exact) mass is 424 g/mol. The fourth-order valence-electron chi connectivity index (χ4n) is 4.37. The minimum Gasteiger partial charge on any atom is -0.456 e. The molecule has 3 atom stereocenters. The van der Waals surface area contributed by atoms with Crippen molar-refractivity contribution in [3.8, 4) is 0 Å². The minimum atomic E-state index is -0.823.